The molecule has 0 radical (unpaired) electrons. The topological polar surface area (TPSA) is 146 Å². The Morgan fingerprint density at radius 3 is 2.83 bits per heavy atom. The van der Waals surface area contributed by atoms with Gasteiger partial charge in [0.1, 0.15) is 0 Å². The predicted octanol–water partition coefficient (Wildman–Crippen LogP) is 0.148. The van der Waals surface area contributed by atoms with E-state index in [4.69, 9.17) is 5.14 Å². The highest BCUT2D eigenvalue weighted by atomic mass is 32.2. The van der Waals surface area contributed by atoms with Crippen molar-refractivity contribution in [1.82, 2.24) is 25.2 Å². The maximum absolute atomic E-state index is 11.8. The van der Waals surface area contributed by atoms with Crippen molar-refractivity contribution in [1.29, 1.82) is 0 Å². The maximum Gasteiger partial charge on any atom is 0.267 e. The third-order valence-electron chi connectivity index (χ3n) is 2.77. The average molecular weight is 359 g/mol. The molecule has 2 rings (SSSR count). The molecule has 0 spiro atoms. The molecule has 126 valence electrons. The zero-order chi connectivity index (χ0) is 16.9. The molecule has 0 aliphatic carbocycles. The Morgan fingerprint density at radius 2 is 2.17 bits per heavy atom. The number of nitrogens with one attached hydrogen (secondary N) is 1. The van der Waals surface area contributed by atoms with E-state index in [9.17, 15) is 13.2 Å². The van der Waals surface area contributed by atoms with Gasteiger partial charge in [-0.15, -0.1) is 15.3 Å². The first-order valence-electron chi connectivity index (χ1n) is 6.93. The number of nitrogens with two attached hydrogens (primary N) is 1. The lowest BCUT2D eigenvalue weighted by Gasteiger charge is -1.99. The van der Waals surface area contributed by atoms with Gasteiger partial charge in [-0.3, -0.25) is 9.48 Å². The Bertz CT molecular complexity index is 768. The van der Waals surface area contributed by atoms with Crippen molar-refractivity contribution in [2.45, 2.75) is 43.5 Å². The molecule has 1 amide bonds. The molecule has 0 aliphatic heterocycles. The summed E-state index contributed by atoms with van der Waals surface area (Å²) in [6.07, 6.45) is 4.33. The molecular weight excluding hydrogens is 342 g/mol. The van der Waals surface area contributed by atoms with Gasteiger partial charge in [0.05, 0.1) is 5.69 Å². The molecule has 0 aromatic carbocycles. The summed E-state index contributed by atoms with van der Waals surface area (Å²) in [6.45, 7) is 2.87. The maximum atomic E-state index is 11.8. The summed E-state index contributed by atoms with van der Waals surface area (Å²) in [4.78, 5) is 11.8. The summed E-state index contributed by atoms with van der Waals surface area (Å²) in [5.74, 6) is -0.275. The Labute approximate surface area is 137 Å². The summed E-state index contributed by atoms with van der Waals surface area (Å²) in [6, 6.07) is 0. The summed E-state index contributed by atoms with van der Waals surface area (Å²) in [7, 11) is -3.90. The number of aromatic nitrogens is 5. The number of carbonyl (C=O) groups is 1. The lowest BCUT2D eigenvalue weighted by atomic mass is 10.2. The number of amides is 1. The van der Waals surface area contributed by atoms with Gasteiger partial charge < -0.3 is 5.32 Å². The van der Waals surface area contributed by atoms with Gasteiger partial charge in [-0.05, 0) is 19.3 Å². The number of hydrogen-bond acceptors (Lipinski definition) is 8. The highest BCUT2D eigenvalue weighted by Crippen LogP contribution is 2.18. The molecule has 0 saturated carbocycles. The van der Waals surface area contributed by atoms with Gasteiger partial charge in [0.25, 0.3) is 10.0 Å². The van der Waals surface area contributed by atoms with E-state index in [0.29, 0.717) is 24.2 Å². The highest BCUT2D eigenvalue weighted by molar-refractivity contribution is 7.91. The average Bonchev–Trinajstić information content (AvgIpc) is 3.08. The fourth-order valence-electron chi connectivity index (χ4n) is 1.78. The predicted molar refractivity (Wildman–Crippen MR) is 83.2 cm³/mol. The zero-order valence-electron chi connectivity index (χ0n) is 12.5. The van der Waals surface area contributed by atoms with Gasteiger partial charge >= 0.3 is 0 Å². The van der Waals surface area contributed by atoms with Crippen molar-refractivity contribution in [3.8, 4) is 0 Å². The Hall–Kier alpha value is -1.92. The van der Waals surface area contributed by atoms with E-state index in [1.165, 1.54) is 0 Å². The molecule has 3 N–H and O–H groups in total. The van der Waals surface area contributed by atoms with Crippen LogP contribution in [0.4, 0.5) is 5.13 Å². The van der Waals surface area contributed by atoms with E-state index in [0.717, 1.165) is 18.7 Å². The molecule has 0 fully saturated rings. The number of sulfonamides is 1. The normalized spacial score (nSPS) is 11.6. The molecule has 0 saturated heterocycles. The lowest BCUT2D eigenvalue weighted by molar-refractivity contribution is -0.116. The molecule has 0 atom stereocenters. The number of primary sulfonamides is 1. The molecule has 0 unspecified atom stereocenters. The number of nitrogens with zero attached hydrogens (tertiary/aromatic N) is 5. The number of rotatable bonds is 8. The van der Waals surface area contributed by atoms with Crippen LogP contribution in [-0.2, 0) is 27.8 Å². The van der Waals surface area contributed by atoms with Gasteiger partial charge in [0.15, 0.2) is 0 Å². The Morgan fingerprint density at radius 1 is 1.39 bits per heavy atom. The molecule has 2 aromatic rings. The van der Waals surface area contributed by atoms with Gasteiger partial charge in [-0.1, -0.05) is 23.5 Å². The van der Waals surface area contributed by atoms with E-state index in [1.807, 2.05) is 6.20 Å². The molecule has 0 aliphatic rings. The van der Waals surface area contributed by atoms with E-state index in [-0.39, 0.29) is 21.8 Å². The SMILES string of the molecule is CCCn1cc(CCCC(=O)Nc2nnc(S(N)(=O)=O)s2)nn1. The largest absolute Gasteiger partial charge is 0.301 e. The Balaban J connectivity index is 1.77. The Kier molecular flexibility index (Phi) is 5.74. The first kappa shape index (κ1) is 17.4. The summed E-state index contributed by atoms with van der Waals surface area (Å²) < 4.78 is 23.6. The fourth-order valence-corrected chi connectivity index (χ4v) is 3.13. The van der Waals surface area contributed by atoms with E-state index in [2.05, 4.69) is 32.7 Å². The molecular formula is C11H17N7O3S2. The summed E-state index contributed by atoms with van der Waals surface area (Å²) in [5.41, 5.74) is 0.832. The van der Waals surface area contributed by atoms with Crippen LogP contribution in [0.2, 0.25) is 0 Å². The molecule has 2 aromatic heterocycles. The van der Waals surface area contributed by atoms with Crippen LogP contribution in [0.3, 0.4) is 0 Å². The quantitative estimate of drug-likeness (QED) is 0.638. The zero-order valence-corrected chi connectivity index (χ0v) is 14.1. The standard InChI is InChI=1S/C11H17N7O3S2/c1-2-6-18-7-8(14-17-18)4-3-5-9(19)13-10-15-16-11(22-10)23(12,20)21/h7H,2-6H2,1H3,(H2,12,20,21)(H,13,15,19). The van der Waals surface area contributed by atoms with Crippen molar-refractivity contribution < 1.29 is 13.2 Å². The van der Waals surface area contributed by atoms with Gasteiger partial charge in [0, 0.05) is 19.2 Å². The third kappa shape index (κ3) is 5.33. The minimum absolute atomic E-state index is 0.105. The fraction of sp³-hybridized carbons (Fsp3) is 0.545. The van der Waals surface area contributed by atoms with Crippen LogP contribution in [0.15, 0.2) is 10.5 Å². The lowest BCUT2D eigenvalue weighted by Crippen LogP contribution is -2.11. The highest BCUT2D eigenvalue weighted by Gasteiger charge is 2.16. The number of aryl methyl sites for hydroxylation is 2. The molecule has 2 heterocycles. The monoisotopic (exact) mass is 359 g/mol. The van der Waals surface area contributed by atoms with Crippen LogP contribution < -0.4 is 10.5 Å². The van der Waals surface area contributed by atoms with Crippen LogP contribution in [-0.4, -0.2) is 39.5 Å². The molecule has 12 heteroatoms. The van der Waals surface area contributed by atoms with Crippen LogP contribution in [0.25, 0.3) is 0 Å². The van der Waals surface area contributed by atoms with E-state index >= 15 is 0 Å². The van der Waals surface area contributed by atoms with Crippen LogP contribution in [0, 0.1) is 0 Å². The van der Waals surface area contributed by atoms with Crippen molar-refractivity contribution in [3.63, 3.8) is 0 Å². The molecule has 23 heavy (non-hydrogen) atoms. The van der Waals surface area contributed by atoms with Crippen LogP contribution >= 0.6 is 11.3 Å². The van der Waals surface area contributed by atoms with Gasteiger partial charge in [-0.2, -0.15) is 0 Å². The molecule has 0 bridgehead atoms. The second-order valence-electron chi connectivity index (χ2n) is 4.79. The summed E-state index contributed by atoms with van der Waals surface area (Å²) in [5, 5.41) is 22.5. The first-order valence-corrected chi connectivity index (χ1v) is 9.30. The van der Waals surface area contributed by atoms with Crippen LogP contribution in [0.5, 0.6) is 0 Å². The summed E-state index contributed by atoms with van der Waals surface area (Å²) >= 11 is 0.714. The second kappa shape index (κ2) is 7.57. The smallest absolute Gasteiger partial charge is 0.267 e. The number of carbonyl (C=O) groups excluding carboxylic acids is 1. The van der Waals surface area contributed by atoms with Gasteiger partial charge in [-0.25, -0.2) is 13.6 Å². The number of anilines is 1. The van der Waals surface area contributed by atoms with E-state index < -0.39 is 10.0 Å². The van der Waals surface area contributed by atoms with Gasteiger partial charge in [0.2, 0.25) is 15.4 Å². The first-order chi connectivity index (χ1) is 10.9. The van der Waals surface area contributed by atoms with Crippen molar-refractivity contribution in [2.24, 2.45) is 5.14 Å². The third-order valence-corrected chi connectivity index (χ3v) is 4.92. The minimum atomic E-state index is -3.90. The number of hydrogen-bond donors (Lipinski definition) is 2. The minimum Gasteiger partial charge on any atom is -0.301 e. The van der Waals surface area contributed by atoms with E-state index in [1.54, 1.807) is 4.68 Å². The molecule has 10 nitrogen and oxygen atoms in total. The van der Waals surface area contributed by atoms with Crippen molar-refractivity contribution >= 4 is 32.4 Å². The second-order valence-corrected chi connectivity index (χ2v) is 7.51. The van der Waals surface area contributed by atoms with Crippen molar-refractivity contribution in [3.05, 3.63) is 11.9 Å². The van der Waals surface area contributed by atoms with Crippen molar-refractivity contribution in [2.75, 3.05) is 5.32 Å². The van der Waals surface area contributed by atoms with Crippen LogP contribution in [0.1, 0.15) is 31.9 Å².